The van der Waals surface area contributed by atoms with Crippen molar-refractivity contribution in [1.82, 2.24) is 19.7 Å². The molecule has 1 unspecified atom stereocenters. The van der Waals surface area contributed by atoms with Gasteiger partial charge in [0.2, 0.25) is 5.95 Å². The Morgan fingerprint density at radius 2 is 2.06 bits per heavy atom. The van der Waals surface area contributed by atoms with E-state index in [0.29, 0.717) is 30.5 Å². The topological polar surface area (TPSA) is 109 Å². The van der Waals surface area contributed by atoms with E-state index in [4.69, 9.17) is 10.00 Å². The molecule has 0 saturated carbocycles. The molecule has 1 fully saturated rings. The van der Waals surface area contributed by atoms with Crippen LogP contribution in [-0.4, -0.2) is 38.5 Å². The summed E-state index contributed by atoms with van der Waals surface area (Å²) in [5.41, 5.74) is 3.44. The first-order valence-electron chi connectivity index (χ1n) is 10.0. The van der Waals surface area contributed by atoms with Gasteiger partial charge in [-0.1, -0.05) is 13.8 Å². The second-order valence-electron chi connectivity index (χ2n) is 7.68. The van der Waals surface area contributed by atoms with Crippen LogP contribution >= 0.6 is 0 Å². The number of aromatic nitrogens is 4. The van der Waals surface area contributed by atoms with Crippen molar-refractivity contribution in [3.8, 4) is 11.8 Å². The fourth-order valence-corrected chi connectivity index (χ4v) is 3.49. The maximum absolute atomic E-state index is 12.2. The van der Waals surface area contributed by atoms with Gasteiger partial charge in [-0.3, -0.25) is 4.90 Å². The minimum Gasteiger partial charge on any atom is -0.447 e. The molecule has 1 aliphatic heterocycles. The number of rotatable bonds is 6. The van der Waals surface area contributed by atoms with Crippen molar-refractivity contribution in [1.29, 1.82) is 5.26 Å². The normalized spacial score (nSPS) is 15.8. The van der Waals surface area contributed by atoms with Crippen LogP contribution in [0.3, 0.4) is 0 Å². The molecule has 1 atom stereocenters. The summed E-state index contributed by atoms with van der Waals surface area (Å²) in [5.74, 6) is 1.18. The number of cyclic esters (lactones) is 1. The van der Waals surface area contributed by atoms with Crippen molar-refractivity contribution >= 4 is 17.9 Å². The summed E-state index contributed by atoms with van der Waals surface area (Å²) < 4.78 is 7.04. The Hall–Kier alpha value is -3.93. The molecule has 3 heterocycles. The van der Waals surface area contributed by atoms with Gasteiger partial charge >= 0.3 is 6.09 Å². The van der Waals surface area contributed by atoms with Crippen LogP contribution < -0.4 is 10.2 Å². The van der Waals surface area contributed by atoms with Crippen molar-refractivity contribution in [3.05, 3.63) is 59.5 Å². The number of nitrogens with one attached hydrogen (secondary N) is 1. The summed E-state index contributed by atoms with van der Waals surface area (Å²) in [5, 5.41) is 16.6. The molecule has 0 aliphatic carbocycles. The summed E-state index contributed by atoms with van der Waals surface area (Å²) in [7, 11) is 0. The quantitative estimate of drug-likeness (QED) is 0.654. The van der Waals surface area contributed by atoms with Gasteiger partial charge in [-0.25, -0.2) is 14.5 Å². The highest BCUT2D eigenvalue weighted by molar-refractivity contribution is 5.89. The number of carbonyl (C=O) groups is 1. The zero-order valence-electron chi connectivity index (χ0n) is 17.6. The van der Waals surface area contributed by atoms with Crippen molar-refractivity contribution in [2.24, 2.45) is 5.92 Å². The molecule has 9 heteroatoms. The minimum atomic E-state index is -0.386. The van der Waals surface area contributed by atoms with Gasteiger partial charge in [-0.05, 0) is 43.2 Å². The van der Waals surface area contributed by atoms with Crippen LogP contribution in [0.15, 0.2) is 42.7 Å². The molecule has 9 nitrogen and oxygen atoms in total. The standard InChI is InChI=1S/C22H23N7O2/c1-14(2)19-13-31-22(30)28(19)20-8-9-24-21(27-20)25-11-17-12-26-29(15(17)3)18-6-4-16(10-23)5-7-18/h4-9,12,14,19H,11,13H2,1-3H3,(H,24,25,27). The number of anilines is 2. The van der Waals surface area contributed by atoms with Crippen LogP contribution in [0.5, 0.6) is 0 Å². The molecular weight excluding hydrogens is 394 g/mol. The molecule has 1 aromatic carbocycles. The highest BCUT2D eigenvalue weighted by Crippen LogP contribution is 2.26. The van der Waals surface area contributed by atoms with E-state index in [1.54, 1.807) is 35.5 Å². The SMILES string of the molecule is Cc1c(CNc2nccc(N3C(=O)OCC3C(C)C)n2)cnn1-c1ccc(C#N)cc1. The first kappa shape index (κ1) is 20.3. The van der Waals surface area contributed by atoms with E-state index in [0.717, 1.165) is 16.9 Å². The van der Waals surface area contributed by atoms with Gasteiger partial charge in [0.15, 0.2) is 0 Å². The van der Waals surface area contributed by atoms with E-state index in [1.165, 1.54) is 0 Å². The molecule has 0 spiro atoms. The maximum Gasteiger partial charge on any atom is 0.415 e. The lowest BCUT2D eigenvalue weighted by atomic mass is 10.0. The van der Waals surface area contributed by atoms with E-state index in [1.807, 2.05) is 37.6 Å². The molecule has 31 heavy (non-hydrogen) atoms. The van der Waals surface area contributed by atoms with Crippen LogP contribution in [0.1, 0.15) is 30.7 Å². The number of amides is 1. The molecule has 1 saturated heterocycles. The third kappa shape index (κ3) is 4.05. The van der Waals surface area contributed by atoms with Crippen molar-refractivity contribution in [2.75, 3.05) is 16.8 Å². The first-order valence-corrected chi connectivity index (χ1v) is 10.0. The second-order valence-corrected chi connectivity index (χ2v) is 7.68. The smallest absolute Gasteiger partial charge is 0.415 e. The van der Waals surface area contributed by atoms with Crippen LogP contribution in [0.2, 0.25) is 0 Å². The third-order valence-corrected chi connectivity index (χ3v) is 5.35. The van der Waals surface area contributed by atoms with Gasteiger partial charge in [-0.2, -0.15) is 15.3 Å². The molecule has 1 aliphatic rings. The zero-order chi connectivity index (χ0) is 22.0. The second kappa shape index (κ2) is 8.44. The highest BCUT2D eigenvalue weighted by atomic mass is 16.6. The van der Waals surface area contributed by atoms with Gasteiger partial charge in [-0.15, -0.1) is 0 Å². The van der Waals surface area contributed by atoms with E-state index >= 15 is 0 Å². The number of benzene rings is 1. The summed E-state index contributed by atoms with van der Waals surface area (Å²) in [4.78, 5) is 22.6. The molecule has 4 rings (SSSR count). The molecule has 1 amide bonds. The average Bonchev–Trinajstić information content (AvgIpc) is 3.35. The predicted octanol–water partition coefficient (Wildman–Crippen LogP) is 3.44. The Bertz CT molecular complexity index is 1130. The monoisotopic (exact) mass is 417 g/mol. The largest absolute Gasteiger partial charge is 0.447 e. The molecule has 158 valence electrons. The van der Waals surface area contributed by atoms with Crippen molar-refractivity contribution in [2.45, 2.75) is 33.4 Å². The third-order valence-electron chi connectivity index (χ3n) is 5.35. The minimum absolute atomic E-state index is 0.0526. The fourth-order valence-electron chi connectivity index (χ4n) is 3.49. The van der Waals surface area contributed by atoms with Gasteiger partial charge in [0.25, 0.3) is 0 Å². The number of ether oxygens (including phenoxy) is 1. The van der Waals surface area contributed by atoms with Crippen LogP contribution in [0, 0.1) is 24.2 Å². The molecule has 0 radical (unpaired) electrons. The number of nitrogens with zero attached hydrogens (tertiary/aromatic N) is 6. The van der Waals surface area contributed by atoms with Crippen molar-refractivity contribution in [3.63, 3.8) is 0 Å². The first-order chi connectivity index (χ1) is 15.0. The Kier molecular flexibility index (Phi) is 5.54. The predicted molar refractivity (Wildman–Crippen MR) is 115 cm³/mol. The van der Waals surface area contributed by atoms with E-state index < -0.39 is 0 Å². The lowest BCUT2D eigenvalue weighted by molar-refractivity contribution is 0.177. The lowest BCUT2D eigenvalue weighted by Gasteiger charge is -2.23. The van der Waals surface area contributed by atoms with Crippen LogP contribution in [0.25, 0.3) is 5.69 Å². The number of hydrogen-bond donors (Lipinski definition) is 1. The summed E-state index contributed by atoms with van der Waals surface area (Å²) in [6, 6.07) is 11.0. The molecular formula is C22H23N7O2. The maximum atomic E-state index is 12.2. The molecule has 3 aromatic rings. The van der Waals surface area contributed by atoms with Crippen LogP contribution in [-0.2, 0) is 11.3 Å². The van der Waals surface area contributed by atoms with E-state index in [-0.39, 0.29) is 18.1 Å². The fraction of sp³-hybridized carbons (Fsp3) is 0.318. The summed E-state index contributed by atoms with van der Waals surface area (Å²) in [6.07, 6.45) is 3.03. The summed E-state index contributed by atoms with van der Waals surface area (Å²) >= 11 is 0. The Morgan fingerprint density at radius 1 is 1.29 bits per heavy atom. The van der Waals surface area contributed by atoms with Gasteiger partial charge in [0.05, 0.1) is 29.6 Å². The van der Waals surface area contributed by atoms with E-state index in [9.17, 15) is 4.79 Å². The van der Waals surface area contributed by atoms with Crippen molar-refractivity contribution < 1.29 is 9.53 Å². The molecule has 0 bridgehead atoms. The average molecular weight is 417 g/mol. The zero-order valence-corrected chi connectivity index (χ0v) is 17.6. The van der Waals surface area contributed by atoms with Gasteiger partial charge in [0, 0.05) is 24.0 Å². The molecule has 1 N–H and O–H groups in total. The Morgan fingerprint density at radius 3 is 2.77 bits per heavy atom. The lowest BCUT2D eigenvalue weighted by Crippen LogP contribution is -2.37. The highest BCUT2D eigenvalue weighted by Gasteiger charge is 2.37. The summed E-state index contributed by atoms with van der Waals surface area (Å²) in [6.45, 7) is 6.91. The Labute approximate surface area is 180 Å². The number of carbonyl (C=O) groups excluding carboxylic acids is 1. The Balaban J connectivity index is 1.49. The van der Waals surface area contributed by atoms with Gasteiger partial charge in [0.1, 0.15) is 12.4 Å². The van der Waals surface area contributed by atoms with E-state index in [2.05, 4.69) is 26.5 Å². The number of hydrogen-bond acceptors (Lipinski definition) is 7. The molecule has 2 aromatic heterocycles. The number of nitriles is 1. The van der Waals surface area contributed by atoms with Crippen LogP contribution in [0.4, 0.5) is 16.6 Å². The van der Waals surface area contributed by atoms with Gasteiger partial charge < -0.3 is 10.1 Å².